The van der Waals surface area contributed by atoms with Crippen molar-refractivity contribution in [2.75, 3.05) is 33.7 Å². The smallest absolute Gasteiger partial charge is 0.243 e. The number of hydrogen-bond donors (Lipinski definition) is 0. The lowest BCUT2D eigenvalue weighted by Crippen LogP contribution is -2.47. The van der Waals surface area contributed by atoms with E-state index < -0.39 is 5.41 Å². The molecule has 21 heavy (non-hydrogen) atoms. The number of carbonyl (C=O) groups is 1. The lowest BCUT2D eigenvalue weighted by molar-refractivity contribution is -0.140. The van der Waals surface area contributed by atoms with Crippen molar-refractivity contribution in [2.45, 2.75) is 53.4 Å². The molecule has 0 aliphatic rings. The Morgan fingerprint density at radius 3 is 2.00 bits per heavy atom. The monoisotopic (exact) mass is 295 g/mol. The zero-order valence-corrected chi connectivity index (χ0v) is 14.8. The first-order valence-electron chi connectivity index (χ1n) is 8.18. The van der Waals surface area contributed by atoms with Crippen molar-refractivity contribution in [1.82, 2.24) is 9.80 Å². The third kappa shape index (κ3) is 6.48. The largest absolute Gasteiger partial charge is 0.340 e. The van der Waals surface area contributed by atoms with Crippen molar-refractivity contribution in [2.24, 2.45) is 11.3 Å². The molecule has 122 valence electrons. The summed E-state index contributed by atoms with van der Waals surface area (Å²) in [4.78, 5) is 17.0. The Morgan fingerprint density at radius 2 is 1.67 bits per heavy atom. The van der Waals surface area contributed by atoms with Crippen LogP contribution in [0.1, 0.15) is 53.4 Å². The van der Waals surface area contributed by atoms with Crippen LogP contribution in [-0.4, -0.2) is 49.4 Å². The van der Waals surface area contributed by atoms with E-state index >= 15 is 0 Å². The van der Waals surface area contributed by atoms with E-state index in [1.807, 2.05) is 32.8 Å². The van der Waals surface area contributed by atoms with E-state index in [1.54, 1.807) is 0 Å². The molecule has 0 aromatic heterocycles. The van der Waals surface area contributed by atoms with Gasteiger partial charge < -0.3 is 9.80 Å². The van der Waals surface area contributed by atoms with Crippen LogP contribution in [0, 0.1) is 22.7 Å². The summed E-state index contributed by atoms with van der Waals surface area (Å²) in [5.74, 6) is 0.444. The number of nitrogens with zero attached hydrogens (tertiary/aromatic N) is 3. The van der Waals surface area contributed by atoms with Crippen molar-refractivity contribution in [1.29, 1.82) is 5.26 Å². The Hall–Kier alpha value is -1.08. The van der Waals surface area contributed by atoms with Gasteiger partial charge in [0.25, 0.3) is 0 Å². The normalized spacial score (nSPS) is 11.8. The van der Waals surface area contributed by atoms with E-state index in [0.29, 0.717) is 25.3 Å². The van der Waals surface area contributed by atoms with E-state index in [1.165, 1.54) is 0 Å². The lowest BCUT2D eigenvalue weighted by atomic mass is 9.79. The molecule has 0 saturated heterocycles. The van der Waals surface area contributed by atoms with Gasteiger partial charge in [-0.1, -0.05) is 40.5 Å². The fourth-order valence-corrected chi connectivity index (χ4v) is 2.69. The molecule has 0 rings (SSSR count). The quantitative estimate of drug-likeness (QED) is 0.622. The van der Waals surface area contributed by atoms with E-state index in [9.17, 15) is 10.1 Å². The maximum atomic E-state index is 13.0. The zero-order chi connectivity index (χ0) is 16.5. The minimum Gasteiger partial charge on any atom is -0.340 e. The maximum absolute atomic E-state index is 13.0. The van der Waals surface area contributed by atoms with Crippen molar-refractivity contribution < 1.29 is 4.79 Å². The lowest BCUT2D eigenvalue weighted by Gasteiger charge is -2.34. The highest BCUT2D eigenvalue weighted by Crippen LogP contribution is 2.32. The molecule has 0 aliphatic heterocycles. The first kappa shape index (κ1) is 19.9. The van der Waals surface area contributed by atoms with Crippen LogP contribution in [0.3, 0.4) is 0 Å². The topological polar surface area (TPSA) is 47.3 Å². The highest BCUT2D eigenvalue weighted by molar-refractivity contribution is 5.85. The van der Waals surface area contributed by atoms with Gasteiger partial charge in [-0.3, -0.25) is 4.79 Å². The Balaban J connectivity index is 5.22. The minimum absolute atomic E-state index is 0.0317. The predicted molar refractivity (Wildman–Crippen MR) is 87.8 cm³/mol. The summed E-state index contributed by atoms with van der Waals surface area (Å²) in [6.45, 7) is 10.6. The number of carbonyl (C=O) groups excluding carboxylic acids is 1. The summed E-state index contributed by atoms with van der Waals surface area (Å²) in [5, 5.41) is 9.66. The number of nitriles is 1. The van der Waals surface area contributed by atoms with Gasteiger partial charge in [0.05, 0.1) is 6.07 Å². The summed E-state index contributed by atoms with van der Waals surface area (Å²) in [6, 6.07) is 2.35. The number of rotatable bonds is 10. The van der Waals surface area contributed by atoms with Crippen molar-refractivity contribution in [3.05, 3.63) is 0 Å². The summed E-state index contributed by atoms with van der Waals surface area (Å²) in [7, 11) is 4.02. The Labute approximate surface area is 131 Å². The molecular weight excluding hydrogens is 262 g/mol. The van der Waals surface area contributed by atoms with E-state index in [0.717, 1.165) is 25.9 Å². The Morgan fingerprint density at radius 1 is 1.14 bits per heavy atom. The fourth-order valence-electron chi connectivity index (χ4n) is 2.69. The number of hydrogen-bond acceptors (Lipinski definition) is 3. The second kappa shape index (κ2) is 9.78. The first-order chi connectivity index (χ1) is 9.82. The van der Waals surface area contributed by atoms with Gasteiger partial charge in [0.1, 0.15) is 5.41 Å². The van der Waals surface area contributed by atoms with Crippen LogP contribution in [0.25, 0.3) is 0 Å². The fraction of sp³-hybridized carbons (Fsp3) is 0.882. The van der Waals surface area contributed by atoms with Gasteiger partial charge in [-0.2, -0.15) is 5.26 Å². The molecular formula is C17H33N3O. The van der Waals surface area contributed by atoms with Crippen LogP contribution in [0.2, 0.25) is 0 Å². The van der Waals surface area contributed by atoms with Crippen LogP contribution >= 0.6 is 0 Å². The van der Waals surface area contributed by atoms with Crippen LogP contribution in [0.15, 0.2) is 0 Å². The second-order valence-corrected chi connectivity index (χ2v) is 6.64. The van der Waals surface area contributed by atoms with Crippen LogP contribution in [0.5, 0.6) is 0 Å². The van der Waals surface area contributed by atoms with Gasteiger partial charge in [0, 0.05) is 19.6 Å². The summed E-state index contributed by atoms with van der Waals surface area (Å²) in [5.41, 5.74) is -0.829. The molecule has 0 bridgehead atoms. The van der Waals surface area contributed by atoms with Crippen molar-refractivity contribution in [3.8, 4) is 6.07 Å². The van der Waals surface area contributed by atoms with Gasteiger partial charge in [-0.15, -0.1) is 0 Å². The molecule has 0 saturated carbocycles. The summed E-state index contributed by atoms with van der Waals surface area (Å²) >= 11 is 0. The molecule has 0 aromatic rings. The second-order valence-electron chi connectivity index (χ2n) is 6.64. The average Bonchev–Trinajstić information content (AvgIpc) is 2.41. The van der Waals surface area contributed by atoms with Gasteiger partial charge in [0.15, 0.2) is 0 Å². The molecule has 1 amide bonds. The zero-order valence-electron chi connectivity index (χ0n) is 14.8. The Kier molecular flexibility index (Phi) is 9.28. The third-order valence-electron chi connectivity index (χ3n) is 3.67. The van der Waals surface area contributed by atoms with Gasteiger partial charge in [-0.05, 0) is 32.9 Å². The van der Waals surface area contributed by atoms with Crippen molar-refractivity contribution in [3.63, 3.8) is 0 Å². The summed E-state index contributed by atoms with van der Waals surface area (Å²) < 4.78 is 0. The SMILES string of the molecule is CCCC(C#N)(CCC)C(=O)N(CCN(C)C)CC(C)C. The van der Waals surface area contributed by atoms with Crippen LogP contribution in [0.4, 0.5) is 0 Å². The standard InChI is InChI=1S/C17H33N3O/c1-7-9-17(14-18,10-8-2)16(21)20(13-15(3)4)12-11-19(5)6/h15H,7-13H2,1-6H3. The van der Waals surface area contributed by atoms with E-state index in [-0.39, 0.29) is 5.91 Å². The van der Waals surface area contributed by atoms with Crippen LogP contribution in [-0.2, 0) is 4.79 Å². The summed E-state index contributed by atoms with van der Waals surface area (Å²) in [6.07, 6.45) is 3.05. The Bertz CT molecular complexity index is 338. The highest BCUT2D eigenvalue weighted by Gasteiger charge is 2.40. The molecule has 4 nitrogen and oxygen atoms in total. The van der Waals surface area contributed by atoms with Crippen molar-refractivity contribution >= 4 is 5.91 Å². The predicted octanol–water partition coefficient (Wildman–Crippen LogP) is 3.14. The molecule has 0 aliphatic carbocycles. The van der Waals surface area contributed by atoms with Gasteiger partial charge in [0.2, 0.25) is 5.91 Å². The van der Waals surface area contributed by atoms with Gasteiger partial charge in [-0.25, -0.2) is 0 Å². The molecule has 0 spiro atoms. The maximum Gasteiger partial charge on any atom is 0.243 e. The number of amides is 1. The number of likely N-dealkylation sites (N-methyl/N-ethyl adjacent to an activating group) is 1. The van der Waals surface area contributed by atoms with Crippen LogP contribution < -0.4 is 0 Å². The molecule has 0 fully saturated rings. The molecule has 0 radical (unpaired) electrons. The van der Waals surface area contributed by atoms with E-state index in [4.69, 9.17) is 0 Å². The molecule has 0 unspecified atom stereocenters. The molecule has 0 N–H and O–H groups in total. The highest BCUT2D eigenvalue weighted by atomic mass is 16.2. The average molecular weight is 295 g/mol. The molecule has 0 atom stereocenters. The molecule has 0 heterocycles. The molecule has 4 heteroatoms. The molecule has 0 aromatic carbocycles. The minimum atomic E-state index is -0.829. The third-order valence-corrected chi connectivity index (χ3v) is 3.67. The van der Waals surface area contributed by atoms with Gasteiger partial charge >= 0.3 is 0 Å². The first-order valence-corrected chi connectivity index (χ1v) is 8.18. The van der Waals surface area contributed by atoms with E-state index in [2.05, 4.69) is 24.8 Å².